The van der Waals surface area contributed by atoms with Crippen molar-refractivity contribution in [3.8, 4) is 16.9 Å². The average molecular weight is 443 g/mol. The van der Waals surface area contributed by atoms with Gasteiger partial charge in [0.15, 0.2) is 0 Å². The van der Waals surface area contributed by atoms with E-state index in [1.54, 1.807) is 23.0 Å². The Morgan fingerprint density at radius 2 is 1.88 bits per heavy atom. The van der Waals surface area contributed by atoms with Gasteiger partial charge in [0.2, 0.25) is 0 Å². The minimum atomic E-state index is -0.212. The fraction of sp³-hybridized carbons (Fsp3) is 0.280. The summed E-state index contributed by atoms with van der Waals surface area (Å²) in [5.41, 5.74) is 2.87. The highest BCUT2D eigenvalue weighted by atomic mass is 16.1. The third-order valence-corrected chi connectivity index (χ3v) is 6.37. The Hall–Kier alpha value is -3.78. The SMILES string of the molecule is CC(NC(=O)c1ccc(-n2cc(-c3cc4ccccc4[nH]c3=O)nn2)cc1)C1CCNCC1. The van der Waals surface area contributed by atoms with Crippen LogP contribution in [0.4, 0.5) is 0 Å². The minimum Gasteiger partial charge on any atom is -0.349 e. The van der Waals surface area contributed by atoms with Gasteiger partial charge in [-0.3, -0.25) is 9.59 Å². The van der Waals surface area contributed by atoms with E-state index in [4.69, 9.17) is 0 Å². The number of H-pyrrole nitrogens is 1. The van der Waals surface area contributed by atoms with Crippen LogP contribution in [0, 0.1) is 5.92 Å². The van der Waals surface area contributed by atoms with Crippen molar-refractivity contribution in [2.45, 2.75) is 25.8 Å². The molecule has 0 bridgehead atoms. The van der Waals surface area contributed by atoms with E-state index in [-0.39, 0.29) is 17.5 Å². The van der Waals surface area contributed by atoms with Crippen LogP contribution in [0.1, 0.15) is 30.1 Å². The number of aromatic amines is 1. The Kier molecular flexibility index (Phi) is 5.75. The van der Waals surface area contributed by atoms with E-state index in [1.807, 2.05) is 42.5 Å². The molecule has 2 aromatic heterocycles. The molecule has 1 aliphatic heterocycles. The monoisotopic (exact) mass is 442 g/mol. The van der Waals surface area contributed by atoms with Gasteiger partial charge in [-0.1, -0.05) is 23.4 Å². The zero-order chi connectivity index (χ0) is 22.8. The van der Waals surface area contributed by atoms with E-state index < -0.39 is 0 Å². The Morgan fingerprint density at radius 1 is 1.12 bits per heavy atom. The third kappa shape index (κ3) is 4.42. The zero-order valence-corrected chi connectivity index (χ0v) is 18.4. The lowest BCUT2D eigenvalue weighted by Gasteiger charge is -2.28. The largest absolute Gasteiger partial charge is 0.349 e. The lowest BCUT2D eigenvalue weighted by molar-refractivity contribution is 0.0920. The minimum absolute atomic E-state index is 0.0745. The molecule has 0 aliphatic carbocycles. The van der Waals surface area contributed by atoms with Crippen molar-refractivity contribution < 1.29 is 4.79 Å². The molecule has 5 rings (SSSR count). The molecule has 0 saturated carbocycles. The number of carbonyl (C=O) groups is 1. The van der Waals surface area contributed by atoms with Crippen molar-refractivity contribution >= 4 is 16.8 Å². The molecule has 33 heavy (non-hydrogen) atoms. The Morgan fingerprint density at radius 3 is 2.67 bits per heavy atom. The van der Waals surface area contributed by atoms with Gasteiger partial charge in [0.1, 0.15) is 5.69 Å². The normalized spacial score (nSPS) is 15.4. The summed E-state index contributed by atoms with van der Waals surface area (Å²) in [5, 5.41) is 15.8. The van der Waals surface area contributed by atoms with Gasteiger partial charge >= 0.3 is 0 Å². The number of nitrogens with one attached hydrogen (secondary N) is 3. The van der Waals surface area contributed by atoms with Crippen LogP contribution in [-0.2, 0) is 0 Å². The number of pyridine rings is 1. The first-order chi connectivity index (χ1) is 16.1. The number of hydrogen-bond acceptors (Lipinski definition) is 5. The number of fused-ring (bicyclic) bond motifs is 1. The Balaban J connectivity index is 1.32. The fourth-order valence-corrected chi connectivity index (χ4v) is 4.37. The molecule has 1 saturated heterocycles. The van der Waals surface area contributed by atoms with E-state index in [2.05, 4.69) is 32.9 Å². The summed E-state index contributed by atoms with van der Waals surface area (Å²) in [6.07, 6.45) is 3.87. The van der Waals surface area contributed by atoms with Crippen molar-refractivity contribution in [1.29, 1.82) is 0 Å². The highest BCUT2D eigenvalue weighted by molar-refractivity contribution is 5.94. The number of nitrogens with zero attached hydrogens (tertiary/aromatic N) is 3. The first-order valence-electron chi connectivity index (χ1n) is 11.3. The lowest BCUT2D eigenvalue weighted by Crippen LogP contribution is -2.42. The van der Waals surface area contributed by atoms with E-state index in [9.17, 15) is 9.59 Å². The van der Waals surface area contributed by atoms with Crippen LogP contribution in [0.5, 0.6) is 0 Å². The van der Waals surface area contributed by atoms with Crippen LogP contribution >= 0.6 is 0 Å². The molecule has 8 heteroatoms. The lowest BCUT2D eigenvalue weighted by atomic mass is 9.91. The molecule has 8 nitrogen and oxygen atoms in total. The van der Waals surface area contributed by atoms with E-state index >= 15 is 0 Å². The predicted molar refractivity (Wildman–Crippen MR) is 127 cm³/mol. The van der Waals surface area contributed by atoms with Gasteiger partial charge in [-0.15, -0.1) is 5.10 Å². The molecule has 2 aromatic carbocycles. The number of amides is 1. The molecule has 168 valence electrons. The maximum absolute atomic E-state index is 12.7. The van der Waals surface area contributed by atoms with Gasteiger partial charge < -0.3 is 15.6 Å². The first-order valence-corrected chi connectivity index (χ1v) is 11.3. The van der Waals surface area contributed by atoms with Gasteiger partial charge in [0, 0.05) is 17.1 Å². The third-order valence-electron chi connectivity index (χ3n) is 6.37. The Bertz CT molecular complexity index is 1340. The Labute approximate surface area is 191 Å². The van der Waals surface area contributed by atoms with Crippen LogP contribution < -0.4 is 16.2 Å². The van der Waals surface area contributed by atoms with Crippen LogP contribution in [0.3, 0.4) is 0 Å². The molecule has 1 aliphatic rings. The van der Waals surface area contributed by atoms with Crippen molar-refractivity contribution in [2.75, 3.05) is 13.1 Å². The van der Waals surface area contributed by atoms with Crippen molar-refractivity contribution in [3.63, 3.8) is 0 Å². The topological polar surface area (TPSA) is 105 Å². The van der Waals surface area contributed by atoms with Gasteiger partial charge in [0.05, 0.1) is 17.4 Å². The predicted octanol–water partition coefficient (Wildman–Crippen LogP) is 2.89. The summed E-state index contributed by atoms with van der Waals surface area (Å²) in [4.78, 5) is 28.1. The van der Waals surface area contributed by atoms with Gasteiger partial charge in [-0.05, 0) is 80.6 Å². The molecular formula is C25H26N6O2. The zero-order valence-electron chi connectivity index (χ0n) is 18.4. The first kappa shape index (κ1) is 21.1. The van der Waals surface area contributed by atoms with Crippen LogP contribution in [0.25, 0.3) is 27.8 Å². The quantitative estimate of drug-likeness (QED) is 0.441. The number of hydrogen-bond donors (Lipinski definition) is 3. The number of benzene rings is 2. The van der Waals surface area contributed by atoms with Crippen LogP contribution in [0.15, 0.2) is 65.6 Å². The second-order valence-electron chi connectivity index (χ2n) is 8.54. The average Bonchev–Trinajstić information content (AvgIpc) is 3.34. The summed E-state index contributed by atoms with van der Waals surface area (Å²) in [7, 11) is 0. The maximum Gasteiger partial charge on any atom is 0.258 e. The summed E-state index contributed by atoms with van der Waals surface area (Å²) in [6.45, 7) is 4.09. The van der Waals surface area contributed by atoms with Gasteiger partial charge in [0.25, 0.3) is 11.5 Å². The smallest absolute Gasteiger partial charge is 0.258 e. The summed E-state index contributed by atoms with van der Waals surface area (Å²) in [5.74, 6) is 0.427. The van der Waals surface area contributed by atoms with Crippen molar-refractivity contribution in [3.05, 3.63) is 76.7 Å². The van der Waals surface area contributed by atoms with Crippen molar-refractivity contribution in [1.82, 2.24) is 30.6 Å². The van der Waals surface area contributed by atoms with Crippen LogP contribution in [-0.4, -0.2) is 45.0 Å². The van der Waals surface area contributed by atoms with Gasteiger partial charge in [-0.2, -0.15) is 0 Å². The van der Waals surface area contributed by atoms with Crippen molar-refractivity contribution in [2.24, 2.45) is 5.92 Å². The molecule has 0 spiro atoms. The standard InChI is InChI=1S/C25H26N6O2/c1-16(17-10-12-26-13-11-17)27-24(32)18-6-8-20(9-7-18)31-15-23(29-30-31)21-14-19-4-2-3-5-22(19)28-25(21)33/h2-9,14-17,26H,10-13H2,1H3,(H,27,32)(H,28,33). The van der Waals surface area contributed by atoms with E-state index in [0.29, 0.717) is 22.7 Å². The summed E-state index contributed by atoms with van der Waals surface area (Å²) >= 11 is 0. The number of para-hydroxylation sites is 1. The van der Waals surface area contributed by atoms with Gasteiger partial charge in [-0.25, -0.2) is 4.68 Å². The molecule has 4 aromatic rings. The second-order valence-corrected chi connectivity index (χ2v) is 8.54. The number of piperidine rings is 1. The van der Waals surface area contributed by atoms with E-state index in [1.165, 1.54) is 0 Å². The fourth-order valence-electron chi connectivity index (χ4n) is 4.37. The molecule has 1 unspecified atom stereocenters. The number of rotatable bonds is 5. The van der Waals surface area contributed by atoms with E-state index in [0.717, 1.165) is 42.5 Å². The molecule has 1 amide bonds. The number of carbonyl (C=O) groups excluding carboxylic acids is 1. The second kappa shape index (κ2) is 8.99. The molecule has 1 atom stereocenters. The molecule has 3 N–H and O–H groups in total. The van der Waals surface area contributed by atoms with Crippen LogP contribution in [0.2, 0.25) is 0 Å². The highest BCUT2D eigenvalue weighted by Crippen LogP contribution is 2.19. The molecule has 1 fully saturated rings. The maximum atomic E-state index is 12.7. The summed E-state index contributed by atoms with van der Waals surface area (Å²) < 4.78 is 1.60. The summed E-state index contributed by atoms with van der Waals surface area (Å²) in [6, 6.07) is 16.8. The highest BCUT2D eigenvalue weighted by Gasteiger charge is 2.21. The molecular weight excluding hydrogens is 416 g/mol. The molecule has 3 heterocycles. The number of aromatic nitrogens is 4. The molecule has 0 radical (unpaired) electrons.